The highest BCUT2D eigenvalue weighted by Gasteiger charge is 2.19. The predicted octanol–water partition coefficient (Wildman–Crippen LogP) is 8.05. The van der Waals surface area contributed by atoms with Gasteiger partial charge in [0.2, 0.25) is 5.75 Å². The fourth-order valence-corrected chi connectivity index (χ4v) is 3.78. The Hall–Kier alpha value is -5.03. The van der Waals surface area contributed by atoms with Crippen molar-refractivity contribution in [2.45, 2.75) is 19.8 Å². The lowest BCUT2D eigenvalue weighted by molar-refractivity contribution is 0.0695. The van der Waals surface area contributed by atoms with Crippen molar-refractivity contribution < 1.29 is 24.1 Å². The predicted molar refractivity (Wildman–Crippen MR) is 156 cm³/mol. The van der Waals surface area contributed by atoms with Crippen LogP contribution >= 0.6 is 0 Å². The second-order valence-corrected chi connectivity index (χ2v) is 8.81. The highest BCUT2D eigenvalue weighted by atomic mass is 16.5. The van der Waals surface area contributed by atoms with E-state index in [2.05, 4.69) is 19.7 Å². The molecule has 4 aromatic carbocycles. The molecule has 0 unspecified atom stereocenters. The first-order valence-electron chi connectivity index (χ1n) is 12.4. The lowest BCUT2D eigenvalue weighted by Crippen LogP contribution is -2.07. The smallest absolute Gasteiger partial charge is 0.335 e. The zero-order valence-electron chi connectivity index (χ0n) is 21.6. The first-order chi connectivity index (χ1) is 19.0. The van der Waals surface area contributed by atoms with Crippen molar-refractivity contribution in [3.8, 4) is 17.2 Å². The minimum atomic E-state index is -1.10. The van der Waals surface area contributed by atoms with E-state index in [1.807, 2.05) is 72.8 Å². The molecule has 0 atom stereocenters. The Bertz CT molecular complexity index is 1370. The van der Waals surface area contributed by atoms with Crippen LogP contribution in [0.25, 0.3) is 18.2 Å². The van der Waals surface area contributed by atoms with Crippen LogP contribution in [-0.2, 0) is 19.8 Å². The van der Waals surface area contributed by atoms with E-state index in [1.54, 1.807) is 18.2 Å². The fraction of sp³-hybridized carbons (Fsp3) is 0.0882. The summed E-state index contributed by atoms with van der Waals surface area (Å²) < 4.78 is 18.5. The van der Waals surface area contributed by atoms with Gasteiger partial charge in [0.15, 0.2) is 11.5 Å². The SMILES string of the molecule is C=Cc1ccc(COc2cc(C(=O)O)cc(OCc3ccc(C=C)cc3)c2OCc2ccc(C=C)cc2)cc1. The second kappa shape index (κ2) is 13.0. The molecule has 5 nitrogen and oxygen atoms in total. The Kier molecular flexibility index (Phi) is 8.99. The molecule has 196 valence electrons. The fourth-order valence-electron chi connectivity index (χ4n) is 3.78. The summed E-state index contributed by atoms with van der Waals surface area (Å²) in [5.74, 6) is -0.204. The average Bonchev–Trinajstić information content (AvgIpc) is 2.98. The van der Waals surface area contributed by atoms with Crippen molar-refractivity contribution in [2.75, 3.05) is 0 Å². The third-order valence-electron chi connectivity index (χ3n) is 6.09. The van der Waals surface area contributed by atoms with Gasteiger partial charge < -0.3 is 19.3 Å². The molecule has 0 aromatic heterocycles. The van der Waals surface area contributed by atoms with Crippen molar-refractivity contribution in [1.82, 2.24) is 0 Å². The van der Waals surface area contributed by atoms with Crippen LogP contribution in [-0.4, -0.2) is 11.1 Å². The lowest BCUT2D eigenvalue weighted by atomic mass is 10.1. The summed E-state index contributed by atoms with van der Waals surface area (Å²) in [6.07, 6.45) is 5.31. The number of ether oxygens (including phenoxy) is 3. The van der Waals surface area contributed by atoms with Gasteiger partial charge in [0.05, 0.1) is 5.56 Å². The van der Waals surface area contributed by atoms with Gasteiger partial charge in [0.25, 0.3) is 0 Å². The molecule has 0 bridgehead atoms. The quantitative estimate of drug-likeness (QED) is 0.194. The molecule has 0 saturated heterocycles. The van der Waals surface area contributed by atoms with Crippen LogP contribution in [0, 0.1) is 0 Å². The van der Waals surface area contributed by atoms with Gasteiger partial charge in [-0.1, -0.05) is 111 Å². The zero-order chi connectivity index (χ0) is 27.6. The van der Waals surface area contributed by atoms with Gasteiger partial charge in [0.1, 0.15) is 19.8 Å². The summed E-state index contributed by atoms with van der Waals surface area (Å²) in [5.41, 5.74) is 5.79. The Morgan fingerprint density at radius 2 is 0.923 bits per heavy atom. The number of carboxylic acid groups (broad SMARTS) is 1. The van der Waals surface area contributed by atoms with Gasteiger partial charge in [-0.3, -0.25) is 0 Å². The molecule has 0 aliphatic carbocycles. The molecule has 0 saturated carbocycles. The summed E-state index contributed by atoms with van der Waals surface area (Å²) in [7, 11) is 0. The van der Waals surface area contributed by atoms with E-state index in [0.29, 0.717) is 5.75 Å². The number of carbonyl (C=O) groups is 1. The van der Waals surface area contributed by atoms with Gasteiger partial charge >= 0.3 is 5.97 Å². The van der Waals surface area contributed by atoms with E-state index in [4.69, 9.17) is 14.2 Å². The minimum absolute atomic E-state index is 0.0340. The average molecular weight is 519 g/mol. The summed E-state index contributed by atoms with van der Waals surface area (Å²) in [6, 6.07) is 26.2. The minimum Gasteiger partial charge on any atom is -0.485 e. The largest absolute Gasteiger partial charge is 0.485 e. The third kappa shape index (κ3) is 7.27. The Labute approximate surface area is 228 Å². The van der Waals surface area contributed by atoms with Crippen molar-refractivity contribution in [2.24, 2.45) is 0 Å². The van der Waals surface area contributed by atoms with Crippen molar-refractivity contribution in [3.05, 3.63) is 144 Å². The molecule has 0 heterocycles. The maximum absolute atomic E-state index is 12.0. The van der Waals surface area contributed by atoms with Crippen LogP contribution in [0.1, 0.15) is 43.7 Å². The molecule has 1 N–H and O–H groups in total. The molecular formula is C34H30O5. The maximum atomic E-state index is 12.0. The summed E-state index contributed by atoms with van der Waals surface area (Å²) >= 11 is 0. The number of hydrogen-bond acceptors (Lipinski definition) is 4. The van der Waals surface area contributed by atoms with Gasteiger partial charge in [-0.15, -0.1) is 0 Å². The number of carboxylic acids is 1. The van der Waals surface area contributed by atoms with E-state index in [1.165, 1.54) is 12.1 Å². The number of aromatic carboxylic acids is 1. The standard InChI is InChI=1S/C34H30O5/c1-4-24-7-13-27(14-8-24)21-37-31-19-30(34(35)36)20-32(38-22-28-15-9-25(5-2)10-16-28)33(31)39-23-29-17-11-26(6-3)12-18-29/h4-20H,1-3,21-23H2,(H,35,36). The third-order valence-corrected chi connectivity index (χ3v) is 6.09. The van der Waals surface area contributed by atoms with Crippen molar-refractivity contribution in [1.29, 1.82) is 0 Å². The normalized spacial score (nSPS) is 10.4. The second-order valence-electron chi connectivity index (χ2n) is 8.81. The van der Waals surface area contributed by atoms with Crippen LogP contribution in [0.15, 0.2) is 105 Å². The monoisotopic (exact) mass is 518 g/mol. The summed E-state index contributed by atoms with van der Waals surface area (Å²) in [5, 5.41) is 9.79. The molecule has 4 aromatic rings. The Morgan fingerprint density at radius 3 is 1.23 bits per heavy atom. The van der Waals surface area contributed by atoms with E-state index >= 15 is 0 Å². The molecule has 39 heavy (non-hydrogen) atoms. The van der Waals surface area contributed by atoms with Gasteiger partial charge in [-0.05, 0) is 45.5 Å². The van der Waals surface area contributed by atoms with Crippen LogP contribution in [0.4, 0.5) is 0 Å². The first-order valence-corrected chi connectivity index (χ1v) is 12.4. The molecule has 0 amide bonds. The first kappa shape index (κ1) is 27.0. The topological polar surface area (TPSA) is 65.0 Å². The molecule has 0 aliphatic heterocycles. The summed E-state index contributed by atoms with van der Waals surface area (Å²) in [4.78, 5) is 12.0. The van der Waals surface area contributed by atoms with E-state index in [9.17, 15) is 9.90 Å². The number of hydrogen-bond donors (Lipinski definition) is 1. The lowest BCUT2D eigenvalue weighted by Gasteiger charge is -2.18. The zero-order valence-corrected chi connectivity index (χ0v) is 21.6. The van der Waals surface area contributed by atoms with Crippen LogP contribution in [0.2, 0.25) is 0 Å². The molecule has 5 heteroatoms. The molecule has 0 aliphatic rings. The number of rotatable bonds is 13. The van der Waals surface area contributed by atoms with Crippen LogP contribution in [0.3, 0.4) is 0 Å². The van der Waals surface area contributed by atoms with Crippen LogP contribution in [0.5, 0.6) is 17.2 Å². The van der Waals surface area contributed by atoms with E-state index in [-0.39, 0.29) is 36.9 Å². The van der Waals surface area contributed by atoms with Crippen molar-refractivity contribution >= 4 is 24.2 Å². The highest BCUT2D eigenvalue weighted by Crippen LogP contribution is 2.40. The van der Waals surface area contributed by atoms with Crippen molar-refractivity contribution in [3.63, 3.8) is 0 Å². The molecule has 4 rings (SSSR count). The van der Waals surface area contributed by atoms with E-state index < -0.39 is 5.97 Å². The molecule has 0 radical (unpaired) electrons. The van der Waals surface area contributed by atoms with Crippen LogP contribution < -0.4 is 14.2 Å². The molecule has 0 spiro atoms. The van der Waals surface area contributed by atoms with Gasteiger partial charge in [-0.2, -0.15) is 0 Å². The van der Waals surface area contributed by atoms with E-state index in [0.717, 1.165) is 33.4 Å². The summed E-state index contributed by atoms with van der Waals surface area (Å²) in [6.45, 7) is 12.0. The molecule has 0 fully saturated rings. The Morgan fingerprint density at radius 1 is 0.590 bits per heavy atom. The number of benzene rings is 4. The molecular weight excluding hydrogens is 488 g/mol. The van der Waals surface area contributed by atoms with Gasteiger partial charge in [-0.25, -0.2) is 4.79 Å². The highest BCUT2D eigenvalue weighted by molar-refractivity contribution is 5.89. The Balaban J connectivity index is 1.64. The maximum Gasteiger partial charge on any atom is 0.335 e. The van der Waals surface area contributed by atoms with Gasteiger partial charge in [0, 0.05) is 0 Å².